The fourth-order valence-electron chi connectivity index (χ4n) is 5.13. The van der Waals surface area contributed by atoms with E-state index in [1.807, 2.05) is 12.1 Å². The molecule has 1 saturated heterocycles. The number of hydrogen-bond acceptors (Lipinski definition) is 10. The second kappa shape index (κ2) is 11.7. The molecule has 40 heavy (non-hydrogen) atoms. The Bertz CT molecular complexity index is 1450. The zero-order valence-electron chi connectivity index (χ0n) is 21.2. The molecule has 0 bridgehead atoms. The monoisotopic (exact) mass is 617 g/mol. The lowest BCUT2D eigenvalue weighted by Gasteiger charge is -2.22. The molecule has 1 aliphatic heterocycles. The van der Waals surface area contributed by atoms with Crippen LogP contribution in [0.25, 0.3) is 11.2 Å². The highest BCUT2D eigenvalue weighted by Gasteiger charge is 2.45. The molecule has 5 atom stereocenters. The quantitative estimate of drug-likeness (QED) is 0.151. The van der Waals surface area contributed by atoms with Crippen molar-refractivity contribution in [2.45, 2.75) is 62.6 Å². The van der Waals surface area contributed by atoms with E-state index in [0.29, 0.717) is 17.3 Å². The van der Waals surface area contributed by atoms with E-state index in [2.05, 4.69) is 32.4 Å². The minimum atomic E-state index is -4.84. The van der Waals surface area contributed by atoms with Gasteiger partial charge in [0.15, 0.2) is 29.1 Å². The number of aliphatic hydroxyl groups excluding tert-OH is 2. The van der Waals surface area contributed by atoms with Gasteiger partial charge in [0.2, 0.25) is 5.28 Å². The van der Waals surface area contributed by atoms with E-state index in [1.165, 1.54) is 48.6 Å². The molecule has 3 heterocycles. The molecule has 17 heteroatoms. The Kier molecular flexibility index (Phi) is 8.66. The number of aromatic nitrogens is 4. The third-order valence-corrected chi connectivity index (χ3v) is 10.7. The highest BCUT2D eigenvalue weighted by molar-refractivity contribution is 7.70. The van der Waals surface area contributed by atoms with Gasteiger partial charge >= 0.3 is 15.2 Å². The van der Waals surface area contributed by atoms with Crippen LogP contribution in [-0.4, -0.2) is 75.2 Å². The Hall–Kier alpha value is -1.96. The first-order chi connectivity index (χ1) is 18.9. The van der Waals surface area contributed by atoms with Crippen LogP contribution in [0.5, 0.6) is 0 Å². The number of nitrogens with zero attached hydrogens (tertiary/aromatic N) is 4. The van der Waals surface area contributed by atoms with Crippen LogP contribution < -0.4 is 5.32 Å². The molecule has 2 aromatic heterocycles. The predicted octanol–water partition coefficient (Wildman–Crippen LogP) is 3.23. The topological polar surface area (TPSA) is 209 Å². The standard InChI is InChI=1S/C23H30ClN5O9P2/c24-23-27-20(26-15-8-6-14(7-9-15)13-4-2-1-3-5-13)17-21(28-23)29(11-25-17)22-19(31)18(30)16(38-22)10-37-40(35,36)12-39(32,33)34/h6-9,11,13,16,18-19,22,30-31H,1-5,10,12H2,(H,35,36)(H,26,27,28)(H2,32,33,34)/t16-,18?,19+,22-/m1/s1. The second-order valence-electron chi connectivity index (χ2n) is 10.0. The SMILES string of the molecule is O=P(O)(O)CP(=O)(O)OC[C@H]1O[C@@H](n2cnc3c(Nc4ccc(C5CCCCC5)cc4)nc(Cl)nc32)[C@@H](O)C1O. The molecular weight excluding hydrogens is 588 g/mol. The van der Waals surface area contributed by atoms with Crippen LogP contribution in [0.1, 0.15) is 49.8 Å². The molecule has 1 aromatic carbocycles. The van der Waals surface area contributed by atoms with E-state index in [1.54, 1.807) is 0 Å². The Morgan fingerprint density at radius 3 is 2.42 bits per heavy atom. The van der Waals surface area contributed by atoms with Crippen molar-refractivity contribution in [2.24, 2.45) is 0 Å². The van der Waals surface area contributed by atoms with Gasteiger partial charge < -0.3 is 39.5 Å². The summed E-state index contributed by atoms with van der Waals surface area (Å²) < 4.78 is 34.8. The summed E-state index contributed by atoms with van der Waals surface area (Å²) >= 11 is 6.20. The van der Waals surface area contributed by atoms with Crippen LogP contribution in [0.2, 0.25) is 5.28 Å². The van der Waals surface area contributed by atoms with Crippen molar-refractivity contribution in [3.05, 3.63) is 41.4 Å². The van der Waals surface area contributed by atoms with Crippen LogP contribution in [0.15, 0.2) is 30.6 Å². The second-order valence-corrected chi connectivity index (χ2v) is 14.4. The van der Waals surface area contributed by atoms with Crippen LogP contribution in [0.4, 0.5) is 11.5 Å². The van der Waals surface area contributed by atoms with E-state index in [0.717, 1.165) is 5.69 Å². The molecule has 2 aliphatic rings. The van der Waals surface area contributed by atoms with Gasteiger partial charge in [-0.2, -0.15) is 9.97 Å². The molecule has 2 fully saturated rings. The maximum atomic E-state index is 12.0. The largest absolute Gasteiger partial charge is 0.387 e. The van der Waals surface area contributed by atoms with Gasteiger partial charge in [0.05, 0.1) is 12.9 Å². The number of benzene rings is 1. The Morgan fingerprint density at radius 1 is 1.05 bits per heavy atom. The number of ether oxygens (including phenoxy) is 1. The molecule has 218 valence electrons. The van der Waals surface area contributed by atoms with E-state index in [9.17, 15) is 24.2 Å². The van der Waals surface area contributed by atoms with Crippen molar-refractivity contribution in [3.63, 3.8) is 0 Å². The summed E-state index contributed by atoms with van der Waals surface area (Å²) in [5.41, 5.74) is 2.56. The molecule has 6 N–H and O–H groups in total. The number of imidazole rings is 1. The van der Waals surface area contributed by atoms with Crippen molar-refractivity contribution < 1.29 is 43.3 Å². The molecule has 1 aliphatic carbocycles. The lowest BCUT2D eigenvalue weighted by molar-refractivity contribution is -0.0483. The van der Waals surface area contributed by atoms with Crippen molar-refractivity contribution in [3.8, 4) is 0 Å². The minimum absolute atomic E-state index is 0.109. The normalized spacial score (nSPS) is 25.8. The van der Waals surface area contributed by atoms with Crippen molar-refractivity contribution in [1.82, 2.24) is 19.5 Å². The Labute approximate surface area is 234 Å². The highest BCUT2D eigenvalue weighted by Crippen LogP contribution is 2.55. The molecule has 5 rings (SSSR count). The average molecular weight is 618 g/mol. The Morgan fingerprint density at radius 2 is 1.75 bits per heavy atom. The maximum Gasteiger partial charge on any atom is 0.340 e. The first-order valence-corrected chi connectivity index (χ1v) is 16.6. The summed E-state index contributed by atoms with van der Waals surface area (Å²) in [5, 5.41) is 24.2. The van der Waals surface area contributed by atoms with Gasteiger partial charge in [-0.1, -0.05) is 31.4 Å². The van der Waals surface area contributed by atoms with E-state index in [4.69, 9.17) is 30.6 Å². The molecule has 0 amide bonds. The van der Waals surface area contributed by atoms with E-state index in [-0.39, 0.29) is 10.9 Å². The van der Waals surface area contributed by atoms with Crippen LogP contribution in [0.3, 0.4) is 0 Å². The van der Waals surface area contributed by atoms with Crippen molar-refractivity contribution in [2.75, 3.05) is 17.8 Å². The van der Waals surface area contributed by atoms with Gasteiger partial charge in [0.1, 0.15) is 18.3 Å². The average Bonchev–Trinajstić information content (AvgIpc) is 3.43. The fourth-order valence-corrected chi connectivity index (χ4v) is 7.87. The summed E-state index contributed by atoms with van der Waals surface area (Å²) in [7, 11) is -9.53. The molecular formula is C23H30ClN5O9P2. The zero-order chi connectivity index (χ0) is 28.7. The van der Waals surface area contributed by atoms with Gasteiger partial charge in [0.25, 0.3) is 0 Å². The number of anilines is 2. The van der Waals surface area contributed by atoms with Crippen LogP contribution >= 0.6 is 26.8 Å². The molecule has 0 spiro atoms. The van der Waals surface area contributed by atoms with Gasteiger partial charge in [0, 0.05) is 5.69 Å². The molecule has 1 saturated carbocycles. The Balaban J connectivity index is 1.33. The summed E-state index contributed by atoms with van der Waals surface area (Å²) in [6, 6.07) is 8.10. The van der Waals surface area contributed by atoms with Crippen molar-refractivity contribution >= 4 is 49.5 Å². The number of aliphatic hydroxyl groups is 2. The number of rotatable bonds is 9. The lowest BCUT2D eigenvalue weighted by Crippen LogP contribution is -2.33. The number of halogens is 1. The fraction of sp³-hybridized carbons (Fsp3) is 0.522. The molecule has 14 nitrogen and oxygen atoms in total. The zero-order valence-corrected chi connectivity index (χ0v) is 23.7. The first-order valence-electron chi connectivity index (χ1n) is 12.7. The van der Waals surface area contributed by atoms with Crippen molar-refractivity contribution in [1.29, 1.82) is 0 Å². The summed E-state index contributed by atoms with van der Waals surface area (Å²) in [5.74, 6) is -0.516. The van der Waals surface area contributed by atoms with Gasteiger partial charge in [-0.3, -0.25) is 13.7 Å². The van der Waals surface area contributed by atoms with E-state index < -0.39 is 52.2 Å². The lowest BCUT2D eigenvalue weighted by atomic mass is 9.84. The minimum Gasteiger partial charge on any atom is -0.387 e. The number of fused-ring (bicyclic) bond motifs is 1. The molecule has 0 radical (unpaired) electrons. The van der Waals surface area contributed by atoms with E-state index >= 15 is 0 Å². The molecule has 3 aromatic rings. The first kappa shape index (κ1) is 29.5. The summed E-state index contributed by atoms with van der Waals surface area (Å²) in [4.78, 5) is 40.4. The number of hydrogen-bond donors (Lipinski definition) is 6. The summed E-state index contributed by atoms with van der Waals surface area (Å²) in [6.45, 7) is -0.714. The molecule has 2 unspecified atom stereocenters. The smallest absolute Gasteiger partial charge is 0.340 e. The van der Waals surface area contributed by atoms with Gasteiger partial charge in [-0.25, -0.2) is 4.98 Å². The summed E-state index contributed by atoms with van der Waals surface area (Å²) in [6.07, 6.45) is 1.86. The highest BCUT2D eigenvalue weighted by atomic mass is 35.5. The third kappa shape index (κ3) is 6.74. The van der Waals surface area contributed by atoms with Crippen LogP contribution in [-0.2, 0) is 18.4 Å². The van der Waals surface area contributed by atoms with Gasteiger partial charge in [-0.05, 0) is 48.1 Å². The number of nitrogens with one attached hydrogen (secondary N) is 1. The maximum absolute atomic E-state index is 12.0. The third-order valence-electron chi connectivity index (χ3n) is 7.06. The predicted molar refractivity (Wildman–Crippen MR) is 144 cm³/mol. The van der Waals surface area contributed by atoms with Gasteiger partial charge in [-0.15, -0.1) is 0 Å². The van der Waals surface area contributed by atoms with Crippen LogP contribution in [0, 0.1) is 0 Å².